The molecule has 0 fully saturated rings. The number of halogens is 5. The third-order valence-corrected chi connectivity index (χ3v) is 4.71. The van der Waals surface area contributed by atoms with Crippen LogP contribution in [-0.2, 0) is 24.3 Å². The van der Waals surface area contributed by atoms with Gasteiger partial charge in [-0.3, -0.25) is 4.79 Å². The summed E-state index contributed by atoms with van der Waals surface area (Å²) >= 11 is 5.69. The second-order valence-electron chi connectivity index (χ2n) is 6.71. The molecule has 3 rings (SSSR count). The summed E-state index contributed by atoms with van der Waals surface area (Å²) in [6, 6.07) is 8.59. The highest BCUT2D eigenvalue weighted by Crippen LogP contribution is 2.40. The van der Waals surface area contributed by atoms with Gasteiger partial charge in [0, 0.05) is 17.1 Å². The van der Waals surface area contributed by atoms with Crippen molar-refractivity contribution in [3.05, 3.63) is 64.2 Å². The molecule has 1 aliphatic heterocycles. The lowest BCUT2D eigenvalue weighted by Gasteiger charge is -2.20. The highest BCUT2D eigenvalue weighted by molar-refractivity contribution is 6.17. The van der Waals surface area contributed by atoms with Gasteiger partial charge in [0.1, 0.15) is 5.67 Å². The van der Waals surface area contributed by atoms with Gasteiger partial charge in [-0.2, -0.15) is 13.2 Å². The van der Waals surface area contributed by atoms with E-state index in [4.69, 9.17) is 11.6 Å². The minimum Gasteiger partial charge on any atom is -0.304 e. The first-order chi connectivity index (χ1) is 12.0. The SMILES string of the molecule is CC(C)(F)c1cccc(N2Cc3c(cc(CCl)cc3C(F)(F)F)C2=O)c1. The lowest BCUT2D eigenvalue weighted by molar-refractivity contribution is -0.138. The second-order valence-corrected chi connectivity index (χ2v) is 6.98. The van der Waals surface area contributed by atoms with Crippen LogP contribution in [0.15, 0.2) is 36.4 Å². The van der Waals surface area contributed by atoms with Gasteiger partial charge in [0.05, 0.1) is 12.1 Å². The summed E-state index contributed by atoms with van der Waals surface area (Å²) in [6.45, 7) is 2.53. The Bertz CT molecular complexity index is 871. The fourth-order valence-corrected chi connectivity index (χ4v) is 3.20. The number of fused-ring (bicyclic) bond motifs is 1. The third-order valence-electron chi connectivity index (χ3n) is 4.41. The van der Waals surface area contributed by atoms with Gasteiger partial charge in [-0.15, -0.1) is 11.6 Å². The number of hydrogen-bond acceptors (Lipinski definition) is 1. The van der Waals surface area contributed by atoms with Crippen LogP contribution in [0, 0.1) is 0 Å². The van der Waals surface area contributed by atoms with Crippen molar-refractivity contribution in [2.45, 2.75) is 38.1 Å². The van der Waals surface area contributed by atoms with Crippen molar-refractivity contribution >= 4 is 23.2 Å². The summed E-state index contributed by atoms with van der Waals surface area (Å²) < 4.78 is 54.4. The fraction of sp³-hybridized carbons (Fsp3) is 0.316. The molecular formula is C19H16ClF4NO. The van der Waals surface area contributed by atoms with Crippen LogP contribution in [-0.4, -0.2) is 5.91 Å². The Morgan fingerprint density at radius 2 is 1.81 bits per heavy atom. The van der Waals surface area contributed by atoms with Crippen molar-refractivity contribution < 1.29 is 22.4 Å². The van der Waals surface area contributed by atoms with E-state index in [9.17, 15) is 22.4 Å². The third kappa shape index (κ3) is 3.30. The molecule has 7 heteroatoms. The van der Waals surface area contributed by atoms with Gasteiger partial charge in [-0.05, 0) is 54.8 Å². The maximum Gasteiger partial charge on any atom is 0.416 e. The first-order valence-electron chi connectivity index (χ1n) is 7.92. The van der Waals surface area contributed by atoms with E-state index < -0.39 is 23.3 Å². The van der Waals surface area contributed by atoms with E-state index in [0.717, 1.165) is 6.07 Å². The predicted molar refractivity (Wildman–Crippen MR) is 92.1 cm³/mol. The van der Waals surface area contributed by atoms with Crippen LogP contribution < -0.4 is 4.90 Å². The molecule has 0 saturated carbocycles. The molecule has 2 aromatic carbocycles. The highest BCUT2D eigenvalue weighted by atomic mass is 35.5. The van der Waals surface area contributed by atoms with Gasteiger partial charge in [-0.1, -0.05) is 12.1 Å². The van der Waals surface area contributed by atoms with E-state index in [1.807, 2.05) is 0 Å². The first kappa shape index (κ1) is 18.7. The molecule has 0 saturated heterocycles. The fourth-order valence-electron chi connectivity index (χ4n) is 3.05. The molecular weight excluding hydrogens is 370 g/mol. The first-order valence-corrected chi connectivity index (χ1v) is 8.46. The summed E-state index contributed by atoms with van der Waals surface area (Å²) in [6.07, 6.45) is -4.59. The Morgan fingerprint density at radius 1 is 1.12 bits per heavy atom. The van der Waals surface area contributed by atoms with E-state index in [-0.39, 0.29) is 29.1 Å². The minimum absolute atomic E-state index is 0.0135. The second kappa shape index (κ2) is 6.27. The average molecular weight is 386 g/mol. The van der Waals surface area contributed by atoms with Gasteiger partial charge in [0.15, 0.2) is 0 Å². The summed E-state index contributed by atoms with van der Waals surface area (Å²) in [5.41, 5.74) is -1.66. The summed E-state index contributed by atoms with van der Waals surface area (Å²) in [5, 5.41) is 0. The molecule has 2 nitrogen and oxygen atoms in total. The van der Waals surface area contributed by atoms with Crippen molar-refractivity contribution in [2.24, 2.45) is 0 Å². The number of anilines is 1. The van der Waals surface area contributed by atoms with Crippen LogP contribution in [0.1, 0.15) is 46.5 Å². The largest absolute Gasteiger partial charge is 0.416 e. The number of hydrogen-bond donors (Lipinski definition) is 0. The molecule has 0 N–H and O–H groups in total. The summed E-state index contributed by atoms with van der Waals surface area (Å²) in [7, 11) is 0. The van der Waals surface area contributed by atoms with Gasteiger partial charge >= 0.3 is 6.18 Å². The number of benzene rings is 2. The van der Waals surface area contributed by atoms with Crippen LogP contribution in [0.4, 0.5) is 23.2 Å². The number of carbonyl (C=O) groups excluding carboxylic acids is 1. The lowest BCUT2D eigenvalue weighted by Crippen LogP contribution is -2.23. The highest BCUT2D eigenvalue weighted by Gasteiger charge is 2.40. The van der Waals surface area contributed by atoms with Crippen LogP contribution in [0.25, 0.3) is 0 Å². The molecule has 138 valence electrons. The monoisotopic (exact) mass is 385 g/mol. The van der Waals surface area contributed by atoms with E-state index in [1.165, 1.54) is 30.9 Å². The van der Waals surface area contributed by atoms with Crippen LogP contribution in [0.2, 0.25) is 0 Å². The molecule has 1 heterocycles. The molecule has 0 aromatic heterocycles. The maximum absolute atomic E-state index is 14.2. The normalized spacial score (nSPS) is 14.7. The van der Waals surface area contributed by atoms with Crippen LogP contribution in [0.3, 0.4) is 0 Å². The molecule has 0 aliphatic carbocycles. The zero-order chi connectivity index (χ0) is 19.3. The molecule has 2 aromatic rings. The molecule has 0 radical (unpaired) electrons. The van der Waals surface area contributed by atoms with Crippen molar-refractivity contribution in [1.82, 2.24) is 0 Å². The Balaban J connectivity index is 2.08. The molecule has 0 atom stereocenters. The van der Waals surface area contributed by atoms with Crippen LogP contribution in [0.5, 0.6) is 0 Å². The lowest BCUT2D eigenvalue weighted by atomic mass is 9.99. The van der Waals surface area contributed by atoms with Gasteiger partial charge in [0.2, 0.25) is 0 Å². The van der Waals surface area contributed by atoms with Crippen molar-refractivity contribution in [3.63, 3.8) is 0 Å². The minimum atomic E-state index is -4.59. The van der Waals surface area contributed by atoms with E-state index >= 15 is 0 Å². The molecule has 0 unspecified atom stereocenters. The molecule has 26 heavy (non-hydrogen) atoms. The molecule has 1 aliphatic rings. The Hall–Kier alpha value is -2.08. The van der Waals surface area contributed by atoms with Crippen molar-refractivity contribution in [1.29, 1.82) is 0 Å². The van der Waals surface area contributed by atoms with Gasteiger partial charge in [0.25, 0.3) is 5.91 Å². The van der Waals surface area contributed by atoms with Crippen LogP contribution >= 0.6 is 11.6 Å². The Morgan fingerprint density at radius 3 is 2.38 bits per heavy atom. The Kier molecular flexibility index (Phi) is 4.51. The topological polar surface area (TPSA) is 20.3 Å². The standard InChI is InChI=1S/C19H16ClF4NO/c1-18(2,21)12-4-3-5-13(8-12)25-10-15-14(17(25)26)6-11(9-20)7-16(15)19(22,23)24/h3-8H,9-10H2,1-2H3. The van der Waals surface area contributed by atoms with E-state index in [1.54, 1.807) is 18.2 Å². The zero-order valence-electron chi connectivity index (χ0n) is 14.1. The number of alkyl halides is 5. The van der Waals surface area contributed by atoms with E-state index in [2.05, 4.69) is 0 Å². The van der Waals surface area contributed by atoms with Gasteiger partial charge in [-0.25, -0.2) is 4.39 Å². The summed E-state index contributed by atoms with van der Waals surface area (Å²) in [5.74, 6) is -0.680. The number of nitrogens with zero attached hydrogens (tertiary/aromatic N) is 1. The number of amides is 1. The number of rotatable bonds is 3. The number of carbonyl (C=O) groups is 1. The van der Waals surface area contributed by atoms with Crippen molar-refractivity contribution in [2.75, 3.05) is 4.90 Å². The van der Waals surface area contributed by atoms with Gasteiger partial charge < -0.3 is 4.90 Å². The molecule has 0 bridgehead atoms. The van der Waals surface area contributed by atoms with Crippen molar-refractivity contribution in [3.8, 4) is 0 Å². The summed E-state index contributed by atoms with van der Waals surface area (Å²) in [4.78, 5) is 14.0. The predicted octanol–water partition coefficient (Wildman–Crippen LogP) is 5.81. The van der Waals surface area contributed by atoms with E-state index in [0.29, 0.717) is 11.3 Å². The smallest absolute Gasteiger partial charge is 0.304 e. The molecule has 0 spiro atoms. The Labute approximate surface area is 153 Å². The quantitative estimate of drug-likeness (QED) is 0.482. The zero-order valence-corrected chi connectivity index (χ0v) is 14.9. The average Bonchev–Trinajstić information content (AvgIpc) is 2.89. The molecule has 1 amide bonds. The maximum atomic E-state index is 14.2.